The topological polar surface area (TPSA) is 72.6 Å². The third-order valence-electron chi connectivity index (χ3n) is 3.61. The molecule has 2 N–H and O–H groups in total. The van der Waals surface area contributed by atoms with Crippen LogP contribution in [0.2, 0.25) is 0 Å². The van der Waals surface area contributed by atoms with Gasteiger partial charge in [-0.15, -0.1) is 0 Å². The normalized spacial score (nSPS) is 12.3. The smallest absolute Gasteiger partial charge is 0.243 e. The van der Waals surface area contributed by atoms with E-state index in [9.17, 15) is 8.42 Å². The van der Waals surface area contributed by atoms with Gasteiger partial charge < -0.3 is 10.5 Å². The van der Waals surface area contributed by atoms with Crippen LogP contribution in [0.5, 0.6) is 0 Å². The molecule has 1 aromatic rings. The molecule has 0 fully saturated rings. The second kappa shape index (κ2) is 8.48. The number of hydrogen-bond donors (Lipinski definition) is 1. The van der Waals surface area contributed by atoms with E-state index in [2.05, 4.69) is 0 Å². The second-order valence-corrected chi connectivity index (χ2v) is 6.82. The van der Waals surface area contributed by atoms with Crippen molar-refractivity contribution in [3.8, 4) is 0 Å². The van der Waals surface area contributed by atoms with Gasteiger partial charge in [0.05, 0.1) is 11.5 Å². The lowest BCUT2D eigenvalue weighted by atomic mass is 10.2. The third-order valence-corrected chi connectivity index (χ3v) is 5.55. The van der Waals surface area contributed by atoms with Crippen LogP contribution >= 0.6 is 0 Å². The number of hydrogen-bond acceptors (Lipinski definition) is 4. The molecule has 6 heteroatoms. The van der Waals surface area contributed by atoms with Crippen molar-refractivity contribution in [3.63, 3.8) is 0 Å². The van der Waals surface area contributed by atoms with Gasteiger partial charge in [0, 0.05) is 26.2 Å². The molecule has 1 aromatic carbocycles. The standard InChI is InChI=1S/C15H26N2O3S/c1-4-14(5-2)17(9-10-20-3)21(18,19)15-8-6-7-13(11-15)12-16/h6-8,11,14H,4-5,9-10,12,16H2,1-3H3. The number of rotatable bonds is 9. The lowest BCUT2D eigenvalue weighted by molar-refractivity contribution is 0.163. The molecular weight excluding hydrogens is 288 g/mol. The van der Waals surface area contributed by atoms with Crippen molar-refractivity contribution in [2.45, 2.75) is 44.2 Å². The van der Waals surface area contributed by atoms with E-state index < -0.39 is 10.0 Å². The van der Waals surface area contributed by atoms with E-state index in [4.69, 9.17) is 10.5 Å². The molecular formula is C15H26N2O3S. The molecule has 0 radical (unpaired) electrons. The number of benzene rings is 1. The monoisotopic (exact) mass is 314 g/mol. The fourth-order valence-corrected chi connectivity index (χ4v) is 4.17. The Morgan fingerprint density at radius 2 is 1.95 bits per heavy atom. The highest BCUT2D eigenvalue weighted by Crippen LogP contribution is 2.22. The van der Waals surface area contributed by atoms with E-state index in [1.807, 2.05) is 19.9 Å². The number of nitrogens with zero attached hydrogens (tertiary/aromatic N) is 1. The number of nitrogens with two attached hydrogens (primary N) is 1. The minimum Gasteiger partial charge on any atom is -0.383 e. The van der Waals surface area contributed by atoms with Crippen LogP contribution in [0.4, 0.5) is 0 Å². The summed E-state index contributed by atoms with van der Waals surface area (Å²) in [5, 5.41) is 0. The van der Waals surface area contributed by atoms with Gasteiger partial charge >= 0.3 is 0 Å². The SMILES string of the molecule is CCC(CC)N(CCOC)S(=O)(=O)c1cccc(CN)c1. The van der Waals surface area contributed by atoms with Gasteiger partial charge in [-0.3, -0.25) is 0 Å². The highest BCUT2D eigenvalue weighted by Gasteiger charge is 2.29. The first-order valence-electron chi connectivity index (χ1n) is 7.31. The van der Waals surface area contributed by atoms with Crippen molar-refractivity contribution in [2.24, 2.45) is 5.73 Å². The van der Waals surface area contributed by atoms with Crippen LogP contribution in [0, 0.1) is 0 Å². The Morgan fingerprint density at radius 1 is 1.29 bits per heavy atom. The Bertz CT molecular complexity index is 527. The first-order valence-corrected chi connectivity index (χ1v) is 8.75. The number of ether oxygens (including phenoxy) is 1. The maximum Gasteiger partial charge on any atom is 0.243 e. The van der Waals surface area contributed by atoms with E-state index >= 15 is 0 Å². The summed E-state index contributed by atoms with van der Waals surface area (Å²) in [5.74, 6) is 0. The zero-order valence-electron chi connectivity index (χ0n) is 13.1. The minimum atomic E-state index is -3.53. The first kappa shape index (κ1) is 18.1. The molecule has 0 spiro atoms. The first-order chi connectivity index (χ1) is 10.0. The predicted octanol–water partition coefficient (Wildman–Crippen LogP) is 1.97. The van der Waals surface area contributed by atoms with Crippen molar-refractivity contribution < 1.29 is 13.2 Å². The third kappa shape index (κ3) is 4.51. The lowest BCUT2D eigenvalue weighted by Crippen LogP contribution is -2.41. The molecule has 120 valence electrons. The molecule has 21 heavy (non-hydrogen) atoms. The largest absolute Gasteiger partial charge is 0.383 e. The molecule has 0 aliphatic heterocycles. The van der Waals surface area contributed by atoms with Crippen LogP contribution in [-0.2, 0) is 21.3 Å². The molecule has 0 heterocycles. The van der Waals surface area contributed by atoms with Crippen LogP contribution < -0.4 is 5.73 Å². The average Bonchev–Trinajstić information content (AvgIpc) is 2.51. The summed E-state index contributed by atoms with van der Waals surface area (Å²) in [6.45, 7) is 5.07. The summed E-state index contributed by atoms with van der Waals surface area (Å²) in [7, 11) is -1.96. The van der Waals surface area contributed by atoms with Crippen LogP contribution in [0.1, 0.15) is 32.3 Å². The summed E-state index contributed by atoms with van der Waals surface area (Å²) in [5.41, 5.74) is 6.41. The molecule has 0 saturated heterocycles. The van der Waals surface area contributed by atoms with Gasteiger partial charge in [-0.2, -0.15) is 4.31 Å². The van der Waals surface area contributed by atoms with Crippen molar-refractivity contribution in [2.75, 3.05) is 20.3 Å². The minimum absolute atomic E-state index is 0.0216. The Hall–Kier alpha value is -0.950. The zero-order valence-corrected chi connectivity index (χ0v) is 13.9. The fourth-order valence-electron chi connectivity index (χ4n) is 2.34. The van der Waals surface area contributed by atoms with Crippen molar-refractivity contribution >= 4 is 10.0 Å². The van der Waals surface area contributed by atoms with Gasteiger partial charge in [-0.1, -0.05) is 26.0 Å². The highest BCUT2D eigenvalue weighted by molar-refractivity contribution is 7.89. The summed E-state index contributed by atoms with van der Waals surface area (Å²) >= 11 is 0. The Kier molecular flexibility index (Phi) is 7.31. The average molecular weight is 314 g/mol. The molecule has 0 aliphatic carbocycles. The quantitative estimate of drug-likeness (QED) is 0.756. The highest BCUT2D eigenvalue weighted by atomic mass is 32.2. The molecule has 0 amide bonds. The summed E-state index contributed by atoms with van der Waals surface area (Å²) < 4.78 is 32.4. The van der Waals surface area contributed by atoms with Crippen molar-refractivity contribution in [1.29, 1.82) is 0 Å². The molecule has 0 unspecified atom stereocenters. The summed E-state index contributed by atoms with van der Waals surface area (Å²) in [4.78, 5) is 0.299. The van der Waals surface area contributed by atoms with Crippen LogP contribution in [-0.4, -0.2) is 39.0 Å². The van der Waals surface area contributed by atoms with Crippen LogP contribution in [0.3, 0.4) is 0 Å². The lowest BCUT2D eigenvalue weighted by Gasteiger charge is -2.29. The molecule has 0 bridgehead atoms. The fraction of sp³-hybridized carbons (Fsp3) is 0.600. The Labute approximate surface area is 128 Å². The maximum atomic E-state index is 12.9. The van der Waals surface area contributed by atoms with E-state index in [-0.39, 0.29) is 6.04 Å². The van der Waals surface area contributed by atoms with Crippen LogP contribution in [0.15, 0.2) is 29.2 Å². The van der Waals surface area contributed by atoms with E-state index in [1.165, 1.54) is 0 Å². The van der Waals surface area contributed by atoms with Gasteiger partial charge in [0.2, 0.25) is 10.0 Å². The Balaban J connectivity index is 3.18. The van der Waals surface area contributed by atoms with E-state index in [0.717, 1.165) is 18.4 Å². The molecule has 0 atom stereocenters. The second-order valence-electron chi connectivity index (χ2n) is 4.93. The number of sulfonamides is 1. The maximum absolute atomic E-state index is 12.9. The van der Waals surface area contributed by atoms with Gasteiger partial charge in [0.25, 0.3) is 0 Å². The van der Waals surface area contributed by atoms with Crippen LogP contribution in [0.25, 0.3) is 0 Å². The molecule has 1 rings (SSSR count). The van der Waals surface area contributed by atoms with E-state index in [0.29, 0.717) is 24.6 Å². The van der Waals surface area contributed by atoms with Gasteiger partial charge in [-0.25, -0.2) is 8.42 Å². The van der Waals surface area contributed by atoms with Gasteiger partial charge in [0.1, 0.15) is 0 Å². The Morgan fingerprint density at radius 3 is 2.48 bits per heavy atom. The van der Waals surface area contributed by atoms with E-state index in [1.54, 1.807) is 29.6 Å². The van der Waals surface area contributed by atoms with Gasteiger partial charge in [0.15, 0.2) is 0 Å². The summed E-state index contributed by atoms with van der Waals surface area (Å²) in [6, 6.07) is 6.81. The predicted molar refractivity (Wildman–Crippen MR) is 84.5 cm³/mol. The molecule has 5 nitrogen and oxygen atoms in total. The van der Waals surface area contributed by atoms with Crippen molar-refractivity contribution in [1.82, 2.24) is 4.31 Å². The van der Waals surface area contributed by atoms with Crippen molar-refractivity contribution in [3.05, 3.63) is 29.8 Å². The number of methoxy groups -OCH3 is 1. The molecule has 0 aliphatic rings. The summed E-state index contributed by atoms with van der Waals surface area (Å²) in [6.07, 6.45) is 1.55. The molecule has 0 aromatic heterocycles. The van der Waals surface area contributed by atoms with Gasteiger partial charge in [-0.05, 0) is 30.5 Å². The molecule has 0 saturated carbocycles. The zero-order chi connectivity index (χ0) is 15.9.